The summed E-state index contributed by atoms with van der Waals surface area (Å²) in [6, 6.07) is 0. The molecule has 1 heterocycles. The molecule has 0 bridgehead atoms. The third-order valence-electron chi connectivity index (χ3n) is 2.93. The van der Waals surface area contributed by atoms with E-state index in [1.165, 1.54) is 11.3 Å². The number of carbonyl (C=O) groups excluding carboxylic acids is 1. The Balaban J connectivity index is 2.25. The summed E-state index contributed by atoms with van der Waals surface area (Å²) in [5, 5.41) is 0.874. The SMILES string of the molecule is CCOC(=O)c1sc(C2(N)CCC2)nc1C. The maximum atomic E-state index is 11.6. The summed E-state index contributed by atoms with van der Waals surface area (Å²) >= 11 is 1.38. The van der Waals surface area contributed by atoms with Crippen molar-refractivity contribution in [1.82, 2.24) is 4.98 Å². The summed E-state index contributed by atoms with van der Waals surface area (Å²) in [7, 11) is 0. The summed E-state index contributed by atoms with van der Waals surface area (Å²) in [6.45, 7) is 4.01. The monoisotopic (exact) mass is 240 g/mol. The Kier molecular flexibility index (Phi) is 2.99. The van der Waals surface area contributed by atoms with E-state index in [2.05, 4.69) is 4.98 Å². The number of hydrogen-bond donors (Lipinski definition) is 1. The van der Waals surface area contributed by atoms with E-state index in [-0.39, 0.29) is 11.5 Å². The Morgan fingerprint density at radius 1 is 1.62 bits per heavy atom. The summed E-state index contributed by atoms with van der Waals surface area (Å²) < 4.78 is 4.98. The Labute approximate surface area is 98.8 Å². The number of nitrogens with zero attached hydrogens (tertiary/aromatic N) is 1. The lowest BCUT2D eigenvalue weighted by Gasteiger charge is -2.35. The summed E-state index contributed by atoms with van der Waals surface area (Å²) in [4.78, 5) is 16.6. The number of rotatable bonds is 3. The number of ether oxygens (including phenoxy) is 1. The van der Waals surface area contributed by atoms with Crippen LogP contribution in [0.3, 0.4) is 0 Å². The van der Waals surface area contributed by atoms with Gasteiger partial charge in [0, 0.05) is 0 Å². The molecule has 0 aromatic carbocycles. The number of carbonyl (C=O) groups is 1. The lowest BCUT2D eigenvalue weighted by molar-refractivity contribution is 0.0531. The van der Waals surface area contributed by atoms with Gasteiger partial charge in [0.1, 0.15) is 9.88 Å². The molecule has 1 fully saturated rings. The zero-order valence-corrected chi connectivity index (χ0v) is 10.4. The van der Waals surface area contributed by atoms with Crippen LogP contribution in [0.5, 0.6) is 0 Å². The zero-order valence-electron chi connectivity index (χ0n) is 9.58. The Morgan fingerprint density at radius 3 is 2.81 bits per heavy atom. The van der Waals surface area contributed by atoms with Gasteiger partial charge in [0.05, 0.1) is 17.8 Å². The molecule has 0 saturated heterocycles. The average Bonchev–Trinajstić information content (AvgIpc) is 2.57. The van der Waals surface area contributed by atoms with Gasteiger partial charge in [-0.05, 0) is 33.1 Å². The van der Waals surface area contributed by atoms with Crippen LogP contribution in [0.1, 0.15) is 46.6 Å². The van der Waals surface area contributed by atoms with E-state index in [1.54, 1.807) is 6.92 Å². The maximum absolute atomic E-state index is 11.6. The Morgan fingerprint density at radius 2 is 2.31 bits per heavy atom. The molecule has 0 spiro atoms. The second kappa shape index (κ2) is 4.14. The van der Waals surface area contributed by atoms with Crippen LogP contribution in [0.25, 0.3) is 0 Å². The average molecular weight is 240 g/mol. The van der Waals surface area contributed by atoms with E-state index in [0.717, 1.165) is 30.0 Å². The van der Waals surface area contributed by atoms with Crippen molar-refractivity contribution >= 4 is 17.3 Å². The highest BCUT2D eigenvalue weighted by molar-refractivity contribution is 7.13. The molecule has 1 saturated carbocycles. The fraction of sp³-hybridized carbons (Fsp3) is 0.636. The molecule has 1 aliphatic rings. The standard InChI is InChI=1S/C11H16N2O2S/c1-3-15-9(14)8-7(2)13-10(16-8)11(12)5-4-6-11/h3-6,12H2,1-2H3. The molecule has 2 rings (SSSR count). The van der Waals surface area contributed by atoms with Gasteiger partial charge in [-0.1, -0.05) is 0 Å². The van der Waals surface area contributed by atoms with Crippen LogP contribution in [0.2, 0.25) is 0 Å². The first-order valence-corrected chi connectivity index (χ1v) is 6.32. The number of esters is 1. The van der Waals surface area contributed by atoms with Gasteiger partial charge < -0.3 is 10.5 Å². The smallest absolute Gasteiger partial charge is 0.350 e. The normalized spacial score (nSPS) is 17.9. The van der Waals surface area contributed by atoms with Crippen LogP contribution in [0.15, 0.2) is 0 Å². The van der Waals surface area contributed by atoms with E-state index in [0.29, 0.717) is 11.5 Å². The maximum Gasteiger partial charge on any atom is 0.350 e. The molecule has 0 atom stereocenters. The molecular weight excluding hydrogens is 224 g/mol. The van der Waals surface area contributed by atoms with Crippen molar-refractivity contribution in [2.45, 2.75) is 38.6 Å². The van der Waals surface area contributed by atoms with Gasteiger partial charge in [-0.15, -0.1) is 11.3 Å². The van der Waals surface area contributed by atoms with Gasteiger partial charge in [-0.2, -0.15) is 0 Å². The molecule has 0 aliphatic heterocycles. The summed E-state index contributed by atoms with van der Waals surface area (Å²) in [6.07, 6.45) is 3.06. The van der Waals surface area contributed by atoms with Crippen molar-refractivity contribution in [2.24, 2.45) is 5.73 Å². The van der Waals surface area contributed by atoms with Crippen LogP contribution >= 0.6 is 11.3 Å². The van der Waals surface area contributed by atoms with E-state index in [9.17, 15) is 4.79 Å². The van der Waals surface area contributed by atoms with E-state index in [4.69, 9.17) is 10.5 Å². The predicted octanol–water partition coefficient (Wildman–Crippen LogP) is 1.97. The van der Waals surface area contributed by atoms with Crippen LogP contribution < -0.4 is 5.73 Å². The van der Waals surface area contributed by atoms with Crippen LogP contribution in [-0.2, 0) is 10.3 Å². The minimum Gasteiger partial charge on any atom is -0.462 e. The van der Waals surface area contributed by atoms with Gasteiger partial charge in [-0.3, -0.25) is 0 Å². The first kappa shape index (κ1) is 11.5. The summed E-state index contributed by atoms with van der Waals surface area (Å²) in [5.74, 6) is -0.285. The summed E-state index contributed by atoms with van der Waals surface area (Å²) in [5.41, 5.74) is 6.62. The molecule has 5 heteroatoms. The highest BCUT2D eigenvalue weighted by Gasteiger charge is 2.38. The first-order chi connectivity index (χ1) is 7.57. The van der Waals surface area contributed by atoms with Crippen LogP contribution in [0.4, 0.5) is 0 Å². The van der Waals surface area contributed by atoms with Crippen molar-refractivity contribution in [3.05, 3.63) is 15.6 Å². The van der Waals surface area contributed by atoms with Crippen molar-refractivity contribution in [1.29, 1.82) is 0 Å². The van der Waals surface area contributed by atoms with Crippen molar-refractivity contribution in [3.63, 3.8) is 0 Å². The van der Waals surface area contributed by atoms with Crippen LogP contribution in [-0.4, -0.2) is 17.6 Å². The van der Waals surface area contributed by atoms with Crippen molar-refractivity contribution < 1.29 is 9.53 Å². The van der Waals surface area contributed by atoms with Gasteiger partial charge in [0.25, 0.3) is 0 Å². The van der Waals surface area contributed by atoms with Gasteiger partial charge >= 0.3 is 5.97 Å². The fourth-order valence-electron chi connectivity index (χ4n) is 1.77. The minimum atomic E-state index is -0.291. The minimum absolute atomic E-state index is 0.285. The molecular formula is C11H16N2O2S. The second-order valence-electron chi connectivity index (χ2n) is 4.16. The molecule has 0 unspecified atom stereocenters. The molecule has 2 N–H and O–H groups in total. The molecule has 0 radical (unpaired) electrons. The molecule has 88 valence electrons. The Hall–Kier alpha value is -0.940. The number of thiazole rings is 1. The highest BCUT2D eigenvalue weighted by atomic mass is 32.1. The highest BCUT2D eigenvalue weighted by Crippen LogP contribution is 2.41. The molecule has 1 aromatic rings. The van der Waals surface area contributed by atoms with E-state index < -0.39 is 0 Å². The first-order valence-electron chi connectivity index (χ1n) is 5.51. The number of aromatic nitrogens is 1. The molecule has 0 amide bonds. The van der Waals surface area contributed by atoms with Gasteiger partial charge in [0.2, 0.25) is 0 Å². The third-order valence-corrected chi connectivity index (χ3v) is 4.29. The lowest BCUT2D eigenvalue weighted by Crippen LogP contribution is -2.43. The molecule has 1 aliphatic carbocycles. The fourth-order valence-corrected chi connectivity index (χ4v) is 2.89. The lowest BCUT2D eigenvalue weighted by atomic mass is 9.78. The largest absolute Gasteiger partial charge is 0.462 e. The quantitative estimate of drug-likeness (QED) is 0.820. The molecule has 16 heavy (non-hydrogen) atoms. The van der Waals surface area contributed by atoms with Gasteiger partial charge in [-0.25, -0.2) is 9.78 Å². The third kappa shape index (κ3) is 1.85. The topological polar surface area (TPSA) is 65.2 Å². The number of hydrogen-bond acceptors (Lipinski definition) is 5. The zero-order chi connectivity index (χ0) is 11.8. The number of aryl methyl sites for hydroxylation is 1. The molecule has 1 aromatic heterocycles. The number of nitrogens with two attached hydrogens (primary N) is 1. The second-order valence-corrected chi connectivity index (χ2v) is 5.16. The van der Waals surface area contributed by atoms with Crippen molar-refractivity contribution in [2.75, 3.05) is 6.61 Å². The van der Waals surface area contributed by atoms with Gasteiger partial charge in [0.15, 0.2) is 0 Å². The van der Waals surface area contributed by atoms with E-state index in [1.807, 2.05) is 6.92 Å². The molecule has 4 nitrogen and oxygen atoms in total. The predicted molar refractivity (Wildman–Crippen MR) is 62.5 cm³/mol. The van der Waals surface area contributed by atoms with Crippen LogP contribution in [0, 0.1) is 6.92 Å². The van der Waals surface area contributed by atoms with Crippen molar-refractivity contribution in [3.8, 4) is 0 Å². The van der Waals surface area contributed by atoms with E-state index >= 15 is 0 Å². The Bertz CT molecular complexity index is 410.